The Labute approximate surface area is 334 Å². The molecule has 13 heteroatoms. The molecule has 54 heavy (non-hydrogen) atoms. The molecule has 318 valence electrons. The highest BCUT2D eigenvalue weighted by atomic mass is 32.1. The average molecular weight is 807 g/mol. The van der Waals surface area contributed by atoms with Crippen LogP contribution < -0.4 is 10.6 Å². The number of ether oxygens (including phenoxy) is 2. The third kappa shape index (κ3) is 31.9. The summed E-state index contributed by atoms with van der Waals surface area (Å²) >= 11 is 4.14. The molecule has 0 aliphatic heterocycles. The highest BCUT2D eigenvalue weighted by Crippen LogP contribution is 2.38. The first kappa shape index (κ1) is 52.7. The number of hydrogen-bond donors (Lipinski definition) is 2. The molecule has 0 radical (unpaired) electrons. The predicted molar refractivity (Wildman–Crippen MR) is 220 cm³/mol. The zero-order chi connectivity index (χ0) is 40.5. The first-order valence-corrected chi connectivity index (χ1v) is 23.2. The molecule has 4 unspecified atom stereocenters. The van der Waals surface area contributed by atoms with Crippen LogP contribution in [0.15, 0.2) is 12.2 Å². The molecular formula is C41H79N2O9PS. The predicted octanol–water partition coefficient (Wildman–Crippen LogP) is 8.66. The van der Waals surface area contributed by atoms with Gasteiger partial charge in [0.25, 0.3) is 7.82 Å². The number of rotatable bonds is 38. The molecule has 0 rings (SSSR count). The Hall–Kier alpha value is -1.27. The van der Waals surface area contributed by atoms with Crippen LogP contribution in [0.4, 0.5) is 0 Å². The Morgan fingerprint density at radius 2 is 1.24 bits per heavy atom. The van der Waals surface area contributed by atoms with Crippen molar-refractivity contribution in [2.75, 3.05) is 53.3 Å². The van der Waals surface area contributed by atoms with Gasteiger partial charge in [-0.05, 0) is 38.5 Å². The molecule has 0 saturated heterocycles. The Kier molecular flexibility index (Phi) is 33.0. The number of phosphoric ester groups is 1. The number of unbranched alkanes of at least 4 members (excludes halogenated alkanes) is 18. The van der Waals surface area contributed by atoms with E-state index in [1.807, 2.05) is 21.1 Å². The van der Waals surface area contributed by atoms with Crippen LogP contribution >= 0.6 is 20.5 Å². The first-order valence-electron chi connectivity index (χ1n) is 21.1. The van der Waals surface area contributed by atoms with Gasteiger partial charge in [0, 0.05) is 12.2 Å². The Bertz CT molecular complexity index is 1040. The fraction of sp³-hybridized carbons (Fsp3) is 0.878. The molecule has 0 aliphatic rings. The van der Waals surface area contributed by atoms with Gasteiger partial charge in [-0.1, -0.05) is 129 Å². The summed E-state index contributed by atoms with van der Waals surface area (Å²) < 4.78 is 34.1. The van der Waals surface area contributed by atoms with Gasteiger partial charge in [0.05, 0.1) is 33.8 Å². The normalized spacial score (nSPS) is 14.8. The number of allylic oxidation sites excluding steroid dienone is 2. The van der Waals surface area contributed by atoms with E-state index in [-0.39, 0.29) is 25.2 Å². The van der Waals surface area contributed by atoms with E-state index < -0.39 is 56.8 Å². The second kappa shape index (κ2) is 33.8. The van der Waals surface area contributed by atoms with Crippen molar-refractivity contribution in [2.45, 2.75) is 174 Å². The molecule has 11 nitrogen and oxygen atoms in total. The zero-order valence-corrected chi connectivity index (χ0v) is 36.6. The van der Waals surface area contributed by atoms with E-state index in [2.05, 4.69) is 38.6 Å². The van der Waals surface area contributed by atoms with Crippen LogP contribution in [0.2, 0.25) is 0 Å². The molecule has 0 fully saturated rings. The van der Waals surface area contributed by atoms with Crippen LogP contribution in [0, 0.1) is 5.92 Å². The van der Waals surface area contributed by atoms with Crippen LogP contribution in [-0.4, -0.2) is 87.6 Å². The van der Waals surface area contributed by atoms with E-state index in [4.69, 9.17) is 24.3 Å². The molecule has 0 heterocycles. The third-order valence-electron chi connectivity index (χ3n) is 9.32. The van der Waals surface area contributed by atoms with Crippen LogP contribution in [0.3, 0.4) is 0 Å². The molecular weight excluding hydrogens is 727 g/mol. The summed E-state index contributed by atoms with van der Waals surface area (Å²) in [5.74, 6) is -2.92. The largest absolute Gasteiger partial charge is 0.756 e. The number of carbonyl (C=O) groups is 3. The van der Waals surface area contributed by atoms with Crippen molar-refractivity contribution < 1.29 is 46.8 Å². The van der Waals surface area contributed by atoms with Crippen LogP contribution in [-0.2, 0) is 37.5 Å². The number of nitrogens with two attached hydrogens (primary N) is 1. The number of Topliss-reactive ketones (excluding diaryl/α,β-unsaturated/α-hetero) is 1. The van der Waals surface area contributed by atoms with Crippen molar-refractivity contribution >= 4 is 38.2 Å². The van der Waals surface area contributed by atoms with Gasteiger partial charge in [0.1, 0.15) is 25.7 Å². The van der Waals surface area contributed by atoms with Crippen molar-refractivity contribution in [3.05, 3.63) is 12.2 Å². The maximum atomic E-state index is 13.4. The fourth-order valence-corrected chi connectivity index (χ4v) is 6.71. The van der Waals surface area contributed by atoms with Crippen LogP contribution in [0.1, 0.15) is 162 Å². The van der Waals surface area contributed by atoms with Crippen molar-refractivity contribution in [2.24, 2.45) is 11.7 Å². The number of quaternary nitrogens is 1. The lowest BCUT2D eigenvalue weighted by Gasteiger charge is -2.28. The van der Waals surface area contributed by atoms with Crippen LogP contribution in [0.25, 0.3) is 0 Å². The second-order valence-electron chi connectivity index (χ2n) is 15.7. The number of hydrogen-bond acceptors (Lipinski definition) is 11. The van der Waals surface area contributed by atoms with Gasteiger partial charge in [0.2, 0.25) is 0 Å². The van der Waals surface area contributed by atoms with Gasteiger partial charge in [0.15, 0.2) is 11.9 Å². The lowest BCUT2D eigenvalue weighted by molar-refractivity contribution is -0.870. The number of likely N-dealkylation sites (N-methyl/N-ethyl adjacent to an activating group) is 1. The lowest BCUT2D eigenvalue weighted by atomic mass is 9.93. The van der Waals surface area contributed by atoms with Crippen LogP contribution in [0.5, 0.6) is 0 Å². The molecule has 2 N–H and O–H groups in total. The molecule has 0 amide bonds. The minimum Gasteiger partial charge on any atom is -0.756 e. The van der Waals surface area contributed by atoms with E-state index in [1.54, 1.807) is 0 Å². The first-order chi connectivity index (χ1) is 25.8. The Morgan fingerprint density at radius 1 is 0.741 bits per heavy atom. The maximum absolute atomic E-state index is 13.4. The number of phosphoric acid groups is 1. The van der Waals surface area contributed by atoms with E-state index in [9.17, 15) is 23.8 Å². The molecule has 0 aromatic rings. The standard InChI is InChI=1S/C41H79N2O9PS/c1-6-8-10-12-14-16-17-18-19-20-21-22-24-26-28-30-39(44)49-33-36(34-51-53(47,48)50-32-31-43(3,4)5)52-41(46)37(40(45)38(42)35-54)29-27-25-23-15-13-11-9-7-2/h18-19,36-38H,6-17,20-35,42H2,1-5H3,(H-,47,48,54)/b19-18-. The smallest absolute Gasteiger partial charge is 0.317 e. The minimum absolute atomic E-state index is 0.0601. The molecule has 0 aromatic heterocycles. The minimum atomic E-state index is -4.76. The number of thiol groups is 1. The van der Waals surface area contributed by atoms with Gasteiger partial charge in [-0.2, -0.15) is 12.6 Å². The lowest BCUT2D eigenvalue weighted by Crippen LogP contribution is -2.42. The quantitative estimate of drug-likeness (QED) is 0.0118. The monoisotopic (exact) mass is 807 g/mol. The summed E-state index contributed by atoms with van der Waals surface area (Å²) in [5, 5.41) is 0. The van der Waals surface area contributed by atoms with Crippen molar-refractivity contribution in [1.82, 2.24) is 0 Å². The van der Waals surface area contributed by atoms with E-state index in [0.29, 0.717) is 23.9 Å². The summed E-state index contributed by atoms with van der Waals surface area (Å²) in [6, 6.07) is -0.963. The summed E-state index contributed by atoms with van der Waals surface area (Å²) in [4.78, 5) is 51.7. The fourth-order valence-electron chi connectivity index (χ4n) is 5.81. The summed E-state index contributed by atoms with van der Waals surface area (Å²) in [6.07, 6.45) is 26.9. The van der Waals surface area contributed by atoms with E-state index >= 15 is 0 Å². The SMILES string of the molecule is CCCCCCCC/C=C\CCCCCCCC(=O)OCC(COP(=O)([O-])OCC[N+](C)(C)C)OC(=O)C(CCCCCCCCCC)C(=O)C(N)CS. The molecule has 0 saturated carbocycles. The van der Waals surface area contributed by atoms with E-state index in [1.165, 1.54) is 57.8 Å². The van der Waals surface area contributed by atoms with Gasteiger partial charge in [-0.3, -0.25) is 18.9 Å². The molecule has 0 spiro atoms. The molecule has 0 bridgehead atoms. The highest BCUT2D eigenvalue weighted by molar-refractivity contribution is 7.80. The van der Waals surface area contributed by atoms with E-state index in [0.717, 1.165) is 64.2 Å². The molecule has 4 atom stereocenters. The van der Waals surface area contributed by atoms with Crippen molar-refractivity contribution in [3.8, 4) is 0 Å². The van der Waals surface area contributed by atoms with Gasteiger partial charge in [-0.25, -0.2) is 0 Å². The number of esters is 2. The molecule has 0 aromatic carbocycles. The third-order valence-corrected chi connectivity index (χ3v) is 10.7. The average Bonchev–Trinajstić information content (AvgIpc) is 3.12. The molecule has 0 aliphatic carbocycles. The number of carbonyl (C=O) groups excluding carboxylic acids is 3. The number of ketones is 1. The number of nitrogens with zero attached hydrogens (tertiary/aromatic N) is 1. The summed E-state index contributed by atoms with van der Waals surface area (Å²) in [5.41, 5.74) is 5.98. The van der Waals surface area contributed by atoms with Gasteiger partial charge < -0.3 is 33.6 Å². The second-order valence-corrected chi connectivity index (χ2v) is 17.4. The topological polar surface area (TPSA) is 154 Å². The Balaban J connectivity index is 5.03. The summed E-state index contributed by atoms with van der Waals surface area (Å²) in [6.45, 7) is 3.67. The van der Waals surface area contributed by atoms with Gasteiger partial charge >= 0.3 is 11.9 Å². The highest BCUT2D eigenvalue weighted by Gasteiger charge is 2.33. The maximum Gasteiger partial charge on any atom is 0.317 e. The zero-order valence-electron chi connectivity index (χ0n) is 34.8. The Morgan fingerprint density at radius 3 is 1.76 bits per heavy atom. The van der Waals surface area contributed by atoms with Crippen molar-refractivity contribution in [1.29, 1.82) is 0 Å². The summed E-state index contributed by atoms with van der Waals surface area (Å²) in [7, 11) is 0.922. The van der Waals surface area contributed by atoms with Crippen molar-refractivity contribution in [3.63, 3.8) is 0 Å². The van der Waals surface area contributed by atoms with Gasteiger partial charge in [-0.15, -0.1) is 0 Å².